The van der Waals surface area contributed by atoms with Crippen LogP contribution in [0.25, 0.3) is 21.8 Å². The molecular formula is C37H37N11O4. The Morgan fingerprint density at radius 2 is 1.46 bits per heavy atom. The van der Waals surface area contributed by atoms with Crippen molar-refractivity contribution in [1.29, 1.82) is 16.1 Å². The Morgan fingerprint density at radius 3 is 2.13 bits per heavy atom. The molecule has 0 amide bonds. The second-order valence-corrected chi connectivity index (χ2v) is 10.4. The number of nitrogen functional groups attached to an aromatic ring is 2. The number of para-hydroxylation sites is 1. The number of benzene rings is 4. The zero-order chi connectivity index (χ0) is 37.8. The number of oxime groups is 1. The first-order valence-electron chi connectivity index (χ1n) is 15.7. The molecule has 4 aromatic carbocycles. The lowest BCUT2D eigenvalue weighted by molar-refractivity contribution is 0.318. The smallest absolute Gasteiger partial charge is 0.222 e. The molecule has 15 nitrogen and oxygen atoms in total. The van der Waals surface area contributed by atoms with Crippen LogP contribution in [0.2, 0.25) is 0 Å². The number of hydrogen-bond acceptors (Lipinski definition) is 14. The van der Waals surface area contributed by atoms with Gasteiger partial charge in [0.15, 0.2) is 17.3 Å². The van der Waals surface area contributed by atoms with E-state index < -0.39 is 0 Å². The minimum absolute atomic E-state index is 0.0320. The van der Waals surface area contributed by atoms with Crippen molar-refractivity contribution in [2.24, 2.45) is 10.9 Å². The summed E-state index contributed by atoms with van der Waals surface area (Å²) in [5.41, 5.74) is 21.1. The van der Waals surface area contributed by atoms with E-state index in [1.54, 1.807) is 80.9 Å². The van der Waals surface area contributed by atoms with E-state index in [1.165, 1.54) is 0 Å². The molecule has 6 aromatic rings. The van der Waals surface area contributed by atoms with E-state index in [1.807, 2.05) is 38.1 Å². The Kier molecular flexibility index (Phi) is 12.4. The second-order valence-electron chi connectivity index (χ2n) is 10.4. The van der Waals surface area contributed by atoms with Gasteiger partial charge in [-0.1, -0.05) is 55.4 Å². The molecule has 0 aliphatic heterocycles. The van der Waals surface area contributed by atoms with Crippen molar-refractivity contribution in [3.8, 4) is 17.6 Å². The maximum Gasteiger partial charge on any atom is 0.222 e. The maximum absolute atomic E-state index is 9.02. The zero-order valence-electron chi connectivity index (χ0n) is 28.8. The number of amidine groups is 1. The normalized spacial score (nSPS) is 10.5. The highest BCUT2D eigenvalue weighted by molar-refractivity contribution is 6.11. The summed E-state index contributed by atoms with van der Waals surface area (Å²) in [4.78, 5) is 12.7. The molecule has 0 radical (unpaired) electrons. The lowest BCUT2D eigenvalue weighted by Gasteiger charge is -2.13. The second kappa shape index (κ2) is 17.3. The van der Waals surface area contributed by atoms with Crippen molar-refractivity contribution in [2.75, 3.05) is 31.0 Å². The molecule has 0 aliphatic carbocycles. The number of rotatable bonds is 7. The van der Waals surface area contributed by atoms with Crippen molar-refractivity contribution in [3.05, 3.63) is 113 Å². The van der Waals surface area contributed by atoms with Gasteiger partial charge in [-0.05, 0) is 48.5 Å². The molecule has 6 rings (SSSR count). The fourth-order valence-electron chi connectivity index (χ4n) is 4.82. The number of nitrogens with one attached hydrogen (secondary N) is 3. The van der Waals surface area contributed by atoms with Gasteiger partial charge in [0.05, 0.1) is 36.9 Å². The average molecular weight is 700 g/mol. The van der Waals surface area contributed by atoms with Gasteiger partial charge < -0.3 is 41.9 Å². The fourth-order valence-corrected chi connectivity index (χ4v) is 4.82. The fraction of sp³-hybridized carbons (Fsp3) is 0.108. The summed E-state index contributed by atoms with van der Waals surface area (Å²) < 4.78 is 16.0. The van der Waals surface area contributed by atoms with Gasteiger partial charge in [-0.25, -0.2) is 9.97 Å². The third-order valence-electron chi connectivity index (χ3n) is 7.21. The number of methoxy groups -OCH3 is 2. The third-order valence-corrected chi connectivity index (χ3v) is 7.21. The quantitative estimate of drug-likeness (QED) is 0.0428. The van der Waals surface area contributed by atoms with E-state index >= 15 is 0 Å². The van der Waals surface area contributed by atoms with E-state index in [2.05, 4.69) is 31.5 Å². The predicted octanol–water partition coefficient (Wildman–Crippen LogP) is 6.15. The van der Waals surface area contributed by atoms with Crippen molar-refractivity contribution < 1.29 is 19.4 Å². The van der Waals surface area contributed by atoms with E-state index in [-0.39, 0.29) is 29.4 Å². The van der Waals surface area contributed by atoms with Gasteiger partial charge in [-0.15, -0.1) is 0 Å². The molecule has 15 heteroatoms. The Bertz CT molecular complexity index is 2300. The first-order chi connectivity index (χ1) is 25.1. The third kappa shape index (κ3) is 8.76. The number of pyridine rings is 1. The summed E-state index contributed by atoms with van der Waals surface area (Å²) in [6.45, 7) is 4.00. The van der Waals surface area contributed by atoms with Gasteiger partial charge >= 0.3 is 0 Å². The van der Waals surface area contributed by atoms with Crippen LogP contribution in [0.3, 0.4) is 0 Å². The monoisotopic (exact) mass is 699 g/mol. The molecule has 0 saturated carbocycles. The number of nitrogens with two attached hydrogens (primary N) is 3. The predicted molar refractivity (Wildman–Crippen MR) is 203 cm³/mol. The number of nitriles is 1. The molecule has 0 atom stereocenters. The standard InChI is InChI=1S/C18H16N6O2.C17H15N5O2.C2H6/c19-15-9-13(12-3-1-2-4-14(12)23-15)18(22)26-17(21)11-7-5-10(6-8-11)16(20)24-25;1-23-14-7-12-13(8-15(14)24-2)21-17(19)22-16(12)20-11-5-3-4-10(6-11)9-18;1-2/h1-9,21-22,25H,(H2,19,23)(H2,20,24);3-8H,1-2H3,(H3,19,20,21,22);1-2H3. The Labute approximate surface area is 299 Å². The van der Waals surface area contributed by atoms with Crippen molar-refractivity contribution in [2.45, 2.75) is 13.8 Å². The van der Waals surface area contributed by atoms with Crippen molar-refractivity contribution in [3.63, 3.8) is 0 Å². The number of aromatic nitrogens is 3. The summed E-state index contributed by atoms with van der Waals surface area (Å²) in [5, 5.41) is 41.5. The van der Waals surface area contributed by atoms with Crippen LogP contribution in [0.5, 0.6) is 11.5 Å². The minimum atomic E-state index is -0.208. The molecule has 52 heavy (non-hydrogen) atoms. The molecule has 0 bridgehead atoms. The number of anilines is 4. The molecule has 10 N–H and O–H groups in total. The molecule has 2 aromatic heterocycles. The van der Waals surface area contributed by atoms with Crippen LogP contribution in [0.1, 0.15) is 36.1 Å². The molecule has 2 heterocycles. The van der Waals surface area contributed by atoms with Gasteiger partial charge in [0.25, 0.3) is 0 Å². The van der Waals surface area contributed by atoms with Crippen LogP contribution >= 0.6 is 0 Å². The van der Waals surface area contributed by atoms with Gasteiger partial charge in [0.2, 0.25) is 17.7 Å². The van der Waals surface area contributed by atoms with Crippen LogP contribution in [0.15, 0.2) is 96.2 Å². The molecule has 264 valence electrons. The zero-order valence-corrected chi connectivity index (χ0v) is 28.8. The van der Waals surface area contributed by atoms with Gasteiger partial charge in [0, 0.05) is 39.2 Å². The van der Waals surface area contributed by atoms with E-state index in [0.29, 0.717) is 56.0 Å². The summed E-state index contributed by atoms with van der Waals surface area (Å²) in [5.74, 6) is 1.59. The molecular weight excluding hydrogens is 662 g/mol. The van der Waals surface area contributed by atoms with Crippen LogP contribution in [0, 0.1) is 22.1 Å². The average Bonchev–Trinajstić information content (AvgIpc) is 3.17. The molecule has 0 unspecified atom stereocenters. The summed E-state index contributed by atoms with van der Waals surface area (Å²) in [6, 6.07) is 27.9. The van der Waals surface area contributed by atoms with Crippen LogP contribution < -0.4 is 32.0 Å². The summed E-state index contributed by atoms with van der Waals surface area (Å²) in [7, 11) is 3.12. The van der Waals surface area contributed by atoms with Gasteiger partial charge in [-0.3, -0.25) is 10.8 Å². The summed E-state index contributed by atoms with van der Waals surface area (Å²) in [6.07, 6.45) is 0. The highest BCUT2D eigenvalue weighted by Crippen LogP contribution is 2.35. The summed E-state index contributed by atoms with van der Waals surface area (Å²) >= 11 is 0. The van der Waals surface area contributed by atoms with E-state index in [9.17, 15) is 0 Å². The van der Waals surface area contributed by atoms with Crippen LogP contribution in [-0.2, 0) is 4.74 Å². The van der Waals surface area contributed by atoms with E-state index in [4.69, 9.17) is 52.7 Å². The maximum atomic E-state index is 9.02. The Hall–Kier alpha value is -7.47. The first-order valence-corrected chi connectivity index (χ1v) is 15.7. The Balaban J connectivity index is 0.000000223. The topological polar surface area (TPSA) is 261 Å². The molecule has 0 spiro atoms. The molecule has 0 saturated heterocycles. The van der Waals surface area contributed by atoms with E-state index in [0.717, 1.165) is 11.1 Å². The highest BCUT2D eigenvalue weighted by Gasteiger charge is 2.15. The van der Waals surface area contributed by atoms with Crippen molar-refractivity contribution >= 4 is 62.7 Å². The van der Waals surface area contributed by atoms with Crippen LogP contribution in [-0.4, -0.2) is 52.0 Å². The Morgan fingerprint density at radius 1 is 0.788 bits per heavy atom. The number of nitrogens with zero attached hydrogens (tertiary/aromatic N) is 5. The lowest BCUT2D eigenvalue weighted by atomic mass is 10.1. The van der Waals surface area contributed by atoms with Crippen LogP contribution in [0.4, 0.5) is 23.3 Å². The number of hydrogen-bond donors (Lipinski definition) is 7. The number of fused-ring (bicyclic) bond motifs is 2. The van der Waals surface area contributed by atoms with Gasteiger partial charge in [-0.2, -0.15) is 10.2 Å². The first kappa shape index (κ1) is 37.4. The largest absolute Gasteiger partial charge is 0.493 e. The lowest BCUT2D eigenvalue weighted by Crippen LogP contribution is -2.15. The van der Waals surface area contributed by atoms with Crippen molar-refractivity contribution in [1.82, 2.24) is 15.0 Å². The van der Waals surface area contributed by atoms with Gasteiger partial charge in [0.1, 0.15) is 11.6 Å². The SMILES string of the molecule is CC.COc1cc2nc(N)nc(Nc3cccc(C#N)c3)c2cc1OC.N=C(OC(=N)c1cc(N)nc2ccccc12)c1ccc(/C(N)=N/O)cc1. The minimum Gasteiger partial charge on any atom is -0.493 e. The molecule has 0 fully saturated rings. The highest BCUT2D eigenvalue weighted by atomic mass is 16.5. The number of ether oxygens (including phenoxy) is 3. The molecule has 0 aliphatic rings.